The van der Waals surface area contributed by atoms with Crippen LogP contribution in [-0.2, 0) is 0 Å². The lowest BCUT2D eigenvalue weighted by molar-refractivity contribution is 0.0779. The number of pyridine rings is 1. The van der Waals surface area contributed by atoms with E-state index in [1.54, 1.807) is 11.8 Å². The SMILES string of the molecule is Cc1cc(C(=O)N2CCC(CF)C2)ncc1F. The number of hydrogen-bond acceptors (Lipinski definition) is 2. The van der Waals surface area contributed by atoms with Gasteiger partial charge in [-0.3, -0.25) is 9.18 Å². The van der Waals surface area contributed by atoms with Gasteiger partial charge in [-0.2, -0.15) is 0 Å². The topological polar surface area (TPSA) is 33.2 Å². The number of amides is 1. The Morgan fingerprint density at radius 3 is 3.00 bits per heavy atom. The van der Waals surface area contributed by atoms with E-state index >= 15 is 0 Å². The van der Waals surface area contributed by atoms with Crippen molar-refractivity contribution in [2.75, 3.05) is 19.8 Å². The van der Waals surface area contributed by atoms with Crippen molar-refractivity contribution in [1.82, 2.24) is 9.88 Å². The highest BCUT2D eigenvalue weighted by Gasteiger charge is 2.27. The lowest BCUT2D eigenvalue weighted by atomic mass is 10.1. The molecule has 2 rings (SSSR count). The molecule has 1 unspecified atom stereocenters. The van der Waals surface area contributed by atoms with Crippen LogP contribution in [0.2, 0.25) is 0 Å². The summed E-state index contributed by atoms with van der Waals surface area (Å²) >= 11 is 0. The van der Waals surface area contributed by atoms with Crippen molar-refractivity contribution in [3.8, 4) is 0 Å². The van der Waals surface area contributed by atoms with E-state index in [1.807, 2.05) is 0 Å². The van der Waals surface area contributed by atoms with Gasteiger partial charge in [0.25, 0.3) is 5.91 Å². The van der Waals surface area contributed by atoms with Gasteiger partial charge in [-0.1, -0.05) is 0 Å². The molecule has 1 aromatic rings. The second kappa shape index (κ2) is 4.77. The third-order valence-electron chi connectivity index (χ3n) is 3.06. The number of rotatable bonds is 2. The van der Waals surface area contributed by atoms with Gasteiger partial charge < -0.3 is 4.90 Å². The van der Waals surface area contributed by atoms with E-state index in [4.69, 9.17) is 0 Å². The highest BCUT2D eigenvalue weighted by atomic mass is 19.1. The summed E-state index contributed by atoms with van der Waals surface area (Å²) in [5.74, 6) is -0.742. The molecule has 1 aliphatic rings. The quantitative estimate of drug-likeness (QED) is 0.791. The van der Waals surface area contributed by atoms with E-state index in [2.05, 4.69) is 4.98 Å². The first-order valence-corrected chi connectivity index (χ1v) is 5.59. The van der Waals surface area contributed by atoms with Gasteiger partial charge in [0.2, 0.25) is 0 Å². The van der Waals surface area contributed by atoms with Gasteiger partial charge in [0.1, 0.15) is 11.5 Å². The first-order chi connectivity index (χ1) is 8.11. The molecule has 0 bridgehead atoms. The lowest BCUT2D eigenvalue weighted by Crippen LogP contribution is -2.29. The maximum atomic E-state index is 13.0. The molecule has 0 saturated carbocycles. The number of hydrogen-bond donors (Lipinski definition) is 0. The Labute approximate surface area is 98.5 Å². The lowest BCUT2D eigenvalue weighted by Gasteiger charge is -2.15. The zero-order valence-corrected chi connectivity index (χ0v) is 9.62. The zero-order valence-electron chi connectivity index (χ0n) is 9.62. The second-order valence-electron chi connectivity index (χ2n) is 4.38. The summed E-state index contributed by atoms with van der Waals surface area (Å²) in [5, 5.41) is 0. The molecule has 2 heterocycles. The van der Waals surface area contributed by atoms with Crippen LogP contribution < -0.4 is 0 Å². The minimum Gasteiger partial charge on any atom is -0.337 e. The molecule has 92 valence electrons. The van der Waals surface area contributed by atoms with Crippen LogP contribution in [0.5, 0.6) is 0 Å². The van der Waals surface area contributed by atoms with Crippen LogP contribution >= 0.6 is 0 Å². The summed E-state index contributed by atoms with van der Waals surface area (Å²) in [5.41, 5.74) is 0.619. The van der Waals surface area contributed by atoms with Crippen LogP contribution in [0.15, 0.2) is 12.3 Å². The van der Waals surface area contributed by atoms with Crippen LogP contribution in [0, 0.1) is 18.7 Å². The Kier molecular flexibility index (Phi) is 3.36. The van der Waals surface area contributed by atoms with E-state index < -0.39 is 12.5 Å². The molecular formula is C12H14F2N2O. The molecule has 0 aliphatic carbocycles. The third kappa shape index (κ3) is 2.43. The molecule has 0 aromatic carbocycles. The highest BCUT2D eigenvalue weighted by molar-refractivity contribution is 5.92. The summed E-state index contributed by atoms with van der Waals surface area (Å²) in [7, 11) is 0. The second-order valence-corrected chi connectivity index (χ2v) is 4.38. The molecule has 1 amide bonds. The van der Waals surface area contributed by atoms with Crippen molar-refractivity contribution >= 4 is 5.91 Å². The predicted molar refractivity (Wildman–Crippen MR) is 58.9 cm³/mol. The first kappa shape index (κ1) is 12.0. The van der Waals surface area contributed by atoms with E-state index in [-0.39, 0.29) is 17.5 Å². The number of likely N-dealkylation sites (tertiary alicyclic amines) is 1. The summed E-state index contributed by atoms with van der Waals surface area (Å²) in [6.07, 6.45) is 1.73. The number of nitrogens with zero attached hydrogens (tertiary/aromatic N) is 2. The standard InChI is InChI=1S/C12H14F2N2O/c1-8-4-11(15-6-10(8)14)12(17)16-3-2-9(5-13)7-16/h4,6,9H,2-3,5,7H2,1H3. The van der Waals surface area contributed by atoms with Gasteiger partial charge in [0.15, 0.2) is 0 Å². The molecule has 1 saturated heterocycles. The minimum absolute atomic E-state index is 0.0690. The van der Waals surface area contributed by atoms with E-state index in [9.17, 15) is 13.6 Å². The van der Waals surface area contributed by atoms with Crippen LogP contribution in [0.3, 0.4) is 0 Å². The van der Waals surface area contributed by atoms with Gasteiger partial charge in [-0.05, 0) is 25.0 Å². The van der Waals surface area contributed by atoms with Gasteiger partial charge in [0.05, 0.1) is 12.9 Å². The van der Waals surface area contributed by atoms with Crippen molar-refractivity contribution in [2.24, 2.45) is 5.92 Å². The largest absolute Gasteiger partial charge is 0.337 e. The van der Waals surface area contributed by atoms with Crippen LogP contribution in [0.25, 0.3) is 0 Å². The summed E-state index contributed by atoms with van der Waals surface area (Å²) in [6.45, 7) is 2.15. The van der Waals surface area contributed by atoms with Crippen molar-refractivity contribution in [2.45, 2.75) is 13.3 Å². The normalized spacial score (nSPS) is 19.7. The summed E-state index contributed by atoms with van der Waals surface area (Å²) < 4.78 is 25.5. The summed E-state index contributed by atoms with van der Waals surface area (Å²) in [6, 6.07) is 1.43. The predicted octanol–water partition coefficient (Wildman–Crippen LogP) is 1.96. The molecule has 3 nitrogen and oxygen atoms in total. The molecule has 1 fully saturated rings. The molecule has 1 aromatic heterocycles. The van der Waals surface area contributed by atoms with Crippen LogP contribution in [-0.4, -0.2) is 35.6 Å². The maximum absolute atomic E-state index is 13.0. The Hall–Kier alpha value is -1.52. The molecule has 0 spiro atoms. The molecule has 0 radical (unpaired) electrons. The fourth-order valence-corrected chi connectivity index (χ4v) is 1.96. The monoisotopic (exact) mass is 240 g/mol. The molecule has 1 aliphatic heterocycles. The number of aryl methyl sites for hydroxylation is 1. The van der Waals surface area contributed by atoms with Crippen molar-refractivity contribution in [3.05, 3.63) is 29.3 Å². The Morgan fingerprint density at radius 2 is 2.41 bits per heavy atom. The van der Waals surface area contributed by atoms with Crippen molar-refractivity contribution < 1.29 is 13.6 Å². The molecule has 1 atom stereocenters. The Bertz CT molecular complexity index is 437. The van der Waals surface area contributed by atoms with E-state index in [1.165, 1.54) is 6.07 Å². The van der Waals surface area contributed by atoms with Crippen LogP contribution in [0.1, 0.15) is 22.5 Å². The van der Waals surface area contributed by atoms with E-state index in [0.29, 0.717) is 25.1 Å². The molecular weight excluding hydrogens is 226 g/mol. The van der Waals surface area contributed by atoms with Gasteiger partial charge in [0, 0.05) is 19.0 Å². The number of alkyl halides is 1. The fourth-order valence-electron chi connectivity index (χ4n) is 1.96. The summed E-state index contributed by atoms with van der Waals surface area (Å²) in [4.78, 5) is 17.3. The fraction of sp³-hybridized carbons (Fsp3) is 0.500. The zero-order chi connectivity index (χ0) is 12.4. The van der Waals surface area contributed by atoms with Gasteiger partial charge in [-0.15, -0.1) is 0 Å². The number of aromatic nitrogens is 1. The highest BCUT2D eigenvalue weighted by Crippen LogP contribution is 2.19. The van der Waals surface area contributed by atoms with E-state index in [0.717, 1.165) is 6.20 Å². The molecule has 17 heavy (non-hydrogen) atoms. The maximum Gasteiger partial charge on any atom is 0.272 e. The smallest absolute Gasteiger partial charge is 0.272 e. The average Bonchev–Trinajstić information content (AvgIpc) is 2.80. The molecule has 0 N–H and O–H groups in total. The van der Waals surface area contributed by atoms with Gasteiger partial charge >= 0.3 is 0 Å². The number of carbonyl (C=O) groups is 1. The Balaban J connectivity index is 2.12. The average molecular weight is 240 g/mol. The number of carbonyl (C=O) groups excluding carboxylic acids is 1. The Morgan fingerprint density at radius 1 is 1.65 bits per heavy atom. The van der Waals surface area contributed by atoms with Crippen molar-refractivity contribution in [3.63, 3.8) is 0 Å². The third-order valence-corrected chi connectivity index (χ3v) is 3.06. The first-order valence-electron chi connectivity index (χ1n) is 5.59. The van der Waals surface area contributed by atoms with Crippen LogP contribution in [0.4, 0.5) is 8.78 Å². The number of halogens is 2. The van der Waals surface area contributed by atoms with Gasteiger partial charge in [-0.25, -0.2) is 9.37 Å². The molecule has 5 heteroatoms. The van der Waals surface area contributed by atoms with Crippen molar-refractivity contribution in [1.29, 1.82) is 0 Å². The minimum atomic E-state index is -0.426.